The second-order valence-electron chi connectivity index (χ2n) is 4.43. The molecule has 16 heavy (non-hydrogen) atoms. The van der Waals surface area contributed by atoms with Crippen molar-refractivity contribution >= 4 is 5.69 Å². The highest BCUT2D eigenvalue weighted by Gasteiger charge is 2.17. The van der Waals surface area contributed by atoms with Crippen molar-refractivity contribution in [3.05, 3.63) is 29.8 Å². The van der Waals surface area contributed by atoms with Gasteiger partial charge in [-0.1, -0.05) is 25.0 Å². The number of anilines is 1. The molecule has 3 heteroatoms. The molecular formula is C13H19NO2. The van der Waals surface area contributed by atoms with Crippen LogP contribution in [-0.4, -0.2) is 17.8 Å². The molecule has 1 aromatic carbocycles. The summed E-state index contributed by atoms with van der Waals surface area (Å²) in [5, 5.41) is 9.92. The number of nitrogens with two attached hydrogens (primary N) is 1. The van der Waals surface area contributed by atoms with Gasteiger partial charge in [-0.3, -0.25) is 0 Å². The third-order valence-electron chi connectivity index (χ3n) is 3.09. The molecule has 0 spiro atoms. The Balaban J connectivity index is 1.85. The lowest BCUT2D eigenvalue weighted by atomic mass is 10.1. The fourth-order valence-electron chi connectivity index (χ4n) is 2.14. The molecule has 1 fully saturated rings. The summed E-state index contributed by atoms with van der Waals surface area (Å²) in [6.07, 6.45) is 4.53. The molecule has 0 radical (unpaired) electrons. The van der Waals surface area contributed by atoms with Crippen LogP contribution in [-0.2, 0) is 4.74 Å². The number of hydrogen-bond acceptors (Lipinski definition) is 3. The molecule has 3 N–H and O–H groups in total. The normalized spacial score (nSPS) is 18.8. The van der Waals surface area contributed by atoms with E-state index in [1.807, 2.05) is 18.2 Å². The van der Waals surface area contributed by atoms with E-state index in [1.54, 1.807) is 6.07 Å². The molecule has 88 valence electrons. The van der Waals surface area contributed by atoms with E-state index >= 15 is 0 Å². The van der Waals surface area contributed by atoms with Gasteiger partial charge in [0.2, 0.25) is 0 Å². The molecule has 1 atom stereocenters. The topological polar surface area (TPSA) is 55.5 Å². The maximum absolute atomic E-state index is 9.92. The maximum atomic E-state index is 9.92. The van der Waals surface area contributed by atoms with Crippen LogP contribution in [0.1, 0.15) is 37.4 Å². The van der Waals surface area contributed by atoms with Crippen LogP contribution in [0.4, 0.5) is 5.69 Å². The lowest BCUT2D eigenvalue weighted by Crippen LogP contribution is -2.14. The first kappa shape index (κ1) is 11.4. The van der Waals surface area contributed by atoms with E-state index in [2.05, 4.69) is 0 Å². The molecule has 1 saturated carbocycles. The third-order valence-corrected chi connectivity index (χ3v) is 3.09. The zero-order valence-corrected chi connectivity index (χ0v) is 9.43. The Hall–Kier alpha value is -1.06. The van der Waals surface area contributed by atoms with Crippen molar-refractivity contribution in [1.29, 1.82) is 0 Å². The van der Waals surface area contributed by atoms with E-state index in [0.717, 1.165) is 18.4 Å². The van der Waals surface area contributed by atoms with Crippen LogP contribution < -0.4 is 5.73 Å². The van der Waals surface area contributed by atoms with Gasteiger partial charge in [0.15, 0.2) is 0 Å². The van der Waals surface area contributed by atoms with E-state index in [1.165, 1.54) is 12.8 Å². The van der Waals surface area contributed by atoms with Crippen LogP contribution in [0.15, 0.2) is 24.3 Å². The number of benzene rings is 1. The summed E-state index contributed by atoms with van der Waals surface area (Å²) in [7, 11) is 0. The molecule has 0 saturated heterocycles. The van der Waals surface area contributed by atoms with Crippen molar-refractivity contribution < 1.29 is 9.84 Å². The monoisotopic (exact) mass is 221 g/mol. The van der Waals surface area contributed by atoms with Gasteiger partial charge in [0.05, 0.1) is 12.7 Å². The summed E-state index contributed by atoms with van der Waals surface area (Å²) in [6.45, 7) is 0.369. The van der Waals surface area contributed by atoms with E-state index in [9.17, 15) is 5.11 Å². The van der Waals surface area contributed by atoms with Gasteiger partial charge in [-0.05, 0) is 30.5 Å². The summed E-state index contributed by atoms with van der Waals surface area (Å²) in [5.41, 5.74) is 7.17. The minimum absolute atomic E-state index is 0.343. The molecule has 0 heterocycles. The molecule has 0 aliphatic heterocycles. The first-order chi connectivity index (χ1) is 7.75. The third kappa shape index (κ3) is 2.97. The summed E-state index contributed by atoms with van der Waals surface area (Å²) in [6, 6.07) is 7.33. The second-order valence-corrected chi connectivity index (χ2v) is 4.43. The molecule has 3 nitrogen and oxygen atoms in total. The standard InChI is InChI=1S/C13H19NO2/c14-11-5-3-4-10(8-11)13(15)9-16-12-6-1-2-7-12/h3-5,8,12-13,15H,1-2,6-7,9,14H2. The van der Waals surface area contributed by atoms with Gasteiger partial charge in [0.25, 0.3) is 0 Å². The number of ether oxygens (including phenoxy) is 1. The summed E-state index contributed by atoms with van der Waals surface area (Å²) < 4.78 is 5.67. The molecule has 1 aliphatic carbocycles. The first-order valence-corrected chi connectivity index (χ1v) is 5.91. The Kier molecular flexibility index (Phi) is 3.80. The quantitative estimate of drug-likeness (QED) is 0.767. The Labute approximate surface area is 96.2 Å². The average Bonchev–Trinajstić information content (AvgIpc) is 2.78. The summed E-state index contributed by atoms with van der Waals surface area (Å²) >= 11 is 0. The fourth-order valence-corrected chi connectivity index (χ4v) is 2.14. The minimum atomic E-state index is -0.566. The molecule has 0 aromatic heterocycles. The van der Waals surface area contributed by atoms with Crippen LogP contribution in [0.3, 0.4) is 0 Å². The van der Waals surface area contributed by atoms with Crippen LogP contribution in [0, 0.1) is 0 Å². The predicted molar refractivity (Wildman–Crippen MR) is 64.0 cm³/mol. The maximum Gasteiger partial charge on any atom is 0.102 e. The number of aliphatic hydroxyl groups excluding tert-OH is 1. The number of nitrogen functional groups attached to an aromatic ring is 1. The second kappa shape index (κ2) is 5.32. The highest BCUT2D eigenvalue weighted by atomic mass is 16.5. The smallest absolute Gasteiger partial charge is 0.102 e. The van der Waals surface area contributed by atoms with Crippen molar-refractivity contribution in [2.75, 3.05) is 12.3 Å². The van der Waals surface area contributed by atoms with Gasteiger partial charge in [-0.25, -0.2) is 0 Å². The van der Waals surface area contributed by atoms with Gasteiger partial charge in [0.1, 0.15) is 6.10 Å². The van der Waals surface area contributed by atoms with E-state index < -0.39 is 6.10 Å². The molecule has 1 unspecified atom stereocenters. The van der Waals surface area contributed by atoms with Crippen molar-refractivity contribution in [3.8, 4) is 0 Å². The van der Waals surface area contributed by atoms with E-state index in [-0.39, 0.29) is 0 Å². The van der Waals surface area contributed by atoms with Crippen molar-refractivity contribution in [3.63, 3.8) is 0 Å². The highest BCUT2D eigenvalue weighted by molar-refractivity contribution is 5.41. The van der Waals surface area contributed by atoms with Gasteiger partial charge < -0.3 is 15.6 Å². The lowest BCUT2D eigenvalue weighted by molar-refractivity contribution is -0.00696. The van der Waals surface area contributed by atoms with Gasteiger partial charge >= 0.3 is 0 Å². The van der Waals surface area contributed by atoms with Crippen LogP contribution in [0.2, 0.25) is 0 Å². The van der Waals surface area contributed by atoms with Gasteiger partial charge in [0, 0.05) is 5.69 Å². The zero-order chi connectivity index (χ0) is 11.4. The molecular weight excluding hydrogens is 202 g/mol. The van der Waals surface area contributed by atoms with Crippen molar-refractivity contribution in [2.24, 2.45) is 0 Å². The number of aliphatic hydroxyl groups is 1. The number of rotatable bonds is 4. The fraction of sp³-hybridized carbons (Fsp3) is 0.538. The Morgan fingerprint density at radius 1 is 1.38 bits per heavy atom. The van der Waals surface area contributed by atoms with Crippen LogP contribution >= 0.6 is 0 Å². The van der Waals surface area contributed by atoms with E-state index in [4.69, 9.17) is 10.5 Å². The Bertz CT molecular complexity index is 334. The first-order valence-electron chi connectivity index (χ1n) is 5.91. The average molecular weight is 221 g/mol. The molecule has 1 aromatic rings. The van der Waals surface area contributed by atoms with Crippen LogP contribution in [0.25, 0.3) is 0 Å². The summed E-state index contributed by atoms with van der Waals surface area (Å²) in [4.78, 5) is 0. The van der Waals surface area contributed by atoms with E-state index in [0.29, 0.717) is 18.4 Å². The Morgan fingerprint density at radius 2 is 2.12 bits per heavy atom. The molecule has 1 aliphatic rings. The summed E-state index contributed by atoms with van der Waals surface area (Å²) in [5.74, 6) is 0. The minimum Gasteiger partial charge on any atom is -0.399 e. The highest BCUT2D eigenvalue weighted by Crippen LogP contribution is 2.23. The van der Waals surface area contributed by atoms with Crippen LogP contribution in [0.5, 0.6) is 0 Å². The van der Waals surface area contributed by atoms with Gasteiger partial charge in [-0.2, -0.15) is 0 Å². The van der Waals surface area contributed by atoms with Crippen molar-refractivity contribution in [2.45, 2.75) is 37.9 Å². The largest absolute Gasteiger partial charge is 0.399 e. The zero-order valence-electron chi connectivity index (χ0n) is 9.43. The van der Waals surface area contributed by atoms with Gasteiger partial charge in [-0.15, -0.1) is 0 Å². The Morgan fingerprint density at radius 3 is 2.81 bits per heavy atom. The lowest BCUT2D eigenvalue weighted by Gasteiger charge is -2.16. The molecule has 0 bridgehead atoms. The molecule has 0 amide bonds. The SMILES string of the molecule is Nc1cccc(C(O)COC2CCCC2)c1. The number of hydrogen-bond donors (Lipinski definition) is 2. The predicted octanol–water partition coefficient (Wildman–Crippen LogP) is 2.26. The molecule has 2 rings (SSSR count). The van der Waals surface area contributed by atoms with Crippen molar-refractivity contribution in [1.82, 2.24) is 0 Å².